The lowest BCUT2D eigenvalue weighted by Gasteiger charge is -2.28. The molecule has 10 heteroatoms. The molecule has 1 unspecified atom stereocenters. The minimum absolute atomic E-state index is 2.99. The molecular weight excluding hydrogens is 677 g/mol. The minimum Gasteiger partial charge on any atom is -0.756 e. The second-order valence-electron chi connectivity index (χ2n) is 6.58. The van der Waals surface area contributed by atoms with E-state index < -0.39 is 282 Å². The molecule has 0 amide bonds. The Labute approximate surface area is 435 Å². The fourth-order valence-corrected chi connectivity index (χ4v) is 1.86. The molecule has 0 heterocycles. The van der Waals surface area contributed by atoms with Crippen molar-refractivity contribution in [3.8, 4) is 0 Å². The number of rotatable bonds is 39. The number of esters is 2. The number of likely N-dealkylation sites (N-methyl/N-ethyl adjacent to an activating group) is 1. The fraction of sp³-hybridized carbons (Fsp3) is 0.905. The number of quaternary nitrogens is 1. The smallest absolute Gasteiger partial charge is 0.306 e. The van der Waals surface area contributed by atoms with E-state index in [0.29, 0.717) is 0 Å². The molecule has 0 aromatic rings. The van der Waals surface area contributed by atoms with Gasteiger partial charge in [-0.3, -0.25) is 14.2 Å². The van der Waals surface area contributed by atoms with Crippen molar-refractivity contribution in [3.63, 3.8) is 0 Å². The Kier molecular flexibility index (Phi) is 4.93. The van der Waals surface area contributed by atoms with Gasteiger partial charge in [-0.1, -0.05) is 153 Å². The zero-order chi connectivity index (χ0) is 111. The summed E-state index contributed by atoms with van der Waals surface area (Å²) in [5.41, 5.74) is 0. The molecule has 52 heavy (non-hydrogen) atoms. The van der Waals surface area contributed by atoms with Crippen LogP contribution in [-0.2, 0) is 32.7 Å². The molecule has 2 atom stereocenters. The van der Waals surface area contributed by atoms with Crippen LogP contribution in [0.3, 0.4) is 0 Å². The van der Waals surface area contributed by atoms with Gasteiger partial charge in [0.1, 0.15) is 19.6 Å². The predicted molar refractivity (Wildman–Crippen MR) is 213 cm³/mol. The highest BCUT2D eigenvalue weighted by molar-refractivity contribution is 7.45. The van der Waals surface area contributed by atoms with Gasteiger partial charge in [-0.15, -0.1) is 0 Å². The Hall–Kier alpha value is -1.25. The van der Waals surface area contributed by atoms with E-state index in [4.69, 9.17) is 112 Å². The van der Waals surface area contributed by atoms with Crippen molar-refractivity contribution in [3.05, 3.63) is 12.1 Å². The van der Waals surface area contributed by atoms with E-state index in [1.54, 1.807) is 0 Å². The number of allylic oxidation sites excluding steroid dienone is 2. The molecule has 0 aliphatic rings. The Morgan fingerprint density at radius 1 is 0.673 bits per heavy atom. The number of hydrogen-bond acceptors (Lipinski definition) is 8. The van der Waals surface area contributed by atoms with E-state index in [1.807, 2.05) is 0 Å². The molecule has 0 aliphatic carbocycles. The number of carbonyl (C=O) groups is 2. The first kappa shape index (κ1) is 7.24. The van der Waals surface area contributed by atoms with Crippen LogP contribution in [0.2, 0.25) is 0 Å². The first-order valence-electron chi connectivity index (χ1n) is 53.0. The van der Waals surface area contributed by atoms with Gasteiger partial charge in [0.15, 0.2) is 6.08 Å². The van der Waals surface area contributed by atoms with E-state index in [2.05, 4.69) is 18.5 Å². The van der Waals surface area contributed by atoms with E-state index in [1.165, 1.54) is 0 Å². The average Bonchev–Trinajstić information content (AvgIpc) is 0.680. The van der Waals surface area contributed by atoms with E-state index in [0.717, 1.165) is 0 Å². The summed E-state index contributed by atoms with van der Waals surface area (Å²) < 4.78 is 697. The van der Waals surface area contributed by atoms with Crippen LogP contribution in [0.25, 0.3) is 0 Å². The van der Waals surface area contributed by atoms with E-state index in [9.17, 15) is 19.0 Å². The van der Waals surface area contributed by atoms with E-state index >= 15 is 0 Å². The van der Waals surface area contributed by atoms with Gasteiger partial charge in [-0.25, -0.2) is 0 Å². The summed E-state index contributed by atoms with van der Waals surface area (Å²) in [6, 6.07) is -6.03. The largest absolute Gasteiger partial charge is 0.756 e. The summed E-state index contributed by atoms with van der Waals surface area (Å²) in [6.45, 7) is -48.1. The molecule has 0 radical (unpaired) electrons. The van der Waals surface area contributed by atoms with Crippen LogP contribution in [0.1, 0.15) is 305 Å². The van der Waals surface area contributed by atoms with Crippen LogP contribution >= 0.6 is 7.82 Å². The number of ether oxygens (including phenoxy) is 2. The SMILES string of the molecule is [2H]/C(=C(\[2H])C([2H])([2H])C([2H])([2H])C([2H])([2H])C([2H])([2H])C([2H])([2H])C([2H])([2H])C([2H])([2H])C([2H])([2H])[2H])C([2H])([2H])C([2H])([2H])C([2H])([2H])C([2H])([2H])C([2H])([2H])C([2H])([2H])C([2H])([2H])C(=O)O[C@]([2H])(C([2H])([2H])OC(=O)C([2H])([2H])C([2H])([2H])C([2H])([2H])C([2H])([2H])C([2H])([2H])C([2H])([2H])C([2H])([2H])C([2H])([2H])C([2H])([2H])C([2H])([2H])C([2H])([2H])C([2H])([2H])C([2H])([2H])C([2H])([2H])C([2H])([2H])[2H])C([2H])([2H])OP(=O)([O-])OC([2H])([2H])C([2H])([2H])[N+](C([2H])([2H])[2H])(C([2H])([2H])[2H])C([2H])([2H])[2H]. The quantitative estimate of drug-likeness (QED) is 0.0260. The Morgan fingerprint density at radius 2 is 1.12 bits per heavy atom. The lowest BCUT2D eigenvalue weighted by Crippen LogP contribution is -2.37. The predicted octanol–water partition coefficient (Wildman–Crippen LogP) is 11.2. The average molecular weight is 843 g/mol. The molecule has 0 saturated heterocycles. The standard InChI is InChI=1S/C42H82NO8P/c1-6-8-10-12-14-16-18-20-21-23-25-27-29-31-33-35-42(45)51-40(39-50-52(46,47)49-37-36-43(3,4)5)38-48-41(44)34-32-30-28-26-24-22-19-17-15-13-11-9-7-2/h20-21,40H,6-19,22-39H2,1-5H3/b21-20-/t40-/m1/s1/i1D3,2D3,3D3,4D3,5D3,6D2,7D2,8D2,9D2,10D2,11D2,12D2,13D2,14D2,15D2,16D2,17D2,18D2,19D2,20D,21D,22D2,23D2,24D2,25D2,26D2,27D2,28D2,29D2,30D2,31D2,32D2,33D2,34D2,35D2,36D2,37D2,38D2,39D2,40D. The third kappa shape index (κ3) is 38.5. The Morgan fingerprint density at radius 3 is 1.60 bits per heavy atom. The molecule has 308 valence electrons. The highest BCUT2D eigenvalue weighted by Gasteiger charge is 2.21. The van der Waals surface area contributed by atoms with Crippen LogP contribution in [0.15, 0.2) is 12.1 Å². The van der Waals surface area contributed by atoms with Crippen LogP contribution in [-0.4, -0.2) is 69.6 Å². The molecule has 0 spiro atoms. The third-order valence-electron chi connectivity index (χ3n) is 3.01. The van der Waals surface area contributed by atoms with Gasteiger partial charge >= 0.3 is 11.9 Å². The van der Waals surface area contributed by atoms with Gasteiger partial charge in [0.05, 0.1) is 54.9 Å². The first-order chi connectivity index (χ1) is 56.2. The summed E-state index contributed by atoms with van der Waals surface area (Å²) >= 11 is 0. The van der Waals surface area contributed by atoms with Crippen molar-refractivity contribution >= 4 is 19.8 Å². The van der Waals surface area contributed by atoms with Crippen LogP contribution < -0.4 is 4.89 Å². The second kappa shape index (κ2) is 35.5. The number of hydrogen-bond donors (Lipinski definition) is 0. The lowest BCUT2D eigenvalue weighted by atomic mass is 10.0. The highest BCUT2D eigenvalue weighted by Crippen LogP contribution is 2.38. The Balaban J connectivity index is 9.56. The van der Waals surface area contributed by atoms with Crippen LogP contribution in [0.5, 0.6) is 0 Å². The van der Waals surface area contributed by atoms with Gasteiger partial charge in [0.25, 0.3) is 7.82 Å². The number of phosphoric acid groups is 1. The fourth-order valence-electron chi connectivity index (χ4n) is 1.47. The summed E-state index contributed by atoms with van der Waals surface area (Å²) in [5.74, 6) is -8.18. The summed E-state index contributed by atoms with van der Waals surface area (Å²) in [6.07, 6.45) is -161. The lowest BCUT2D eigenvalue weighted by molar-refractivity contribution is -0.870. The molecule has 0 bridgehead atoms. The van der Waals surface area contributed by atoms with E-state index in [-0.39, 0.29) is 0 Å². The van der Waals surface area contributed by atoms with Gasteiger partial charge in [-0.2, -0.15) is 0 Å². The molecule has 0 aromatic heterocycles. The van der Waals surface area contributed by atoms with Crippen molar-refractivity contribution in [2.75, 3.05) is 47.1 Å². The zero-order valence-electron chi connectivity index (χ0n) is 107. The topological polar surface area (TPSA) is 111 Å². The Bertz CT molecular complexity index is 4320. The van der Waals surface area contributed by atoms with Crippen LogP contribution in [0, 0.1) is 0 Å². The van der Waals surface area contributed by atoms with Crippen molar-refractivity contribution in [1.29, 1.82) is 0 Å². The number of phosphoric ester groups is 1. The highest BCUT2D eigenvalue weighted by atomic mass is 31.2. The molecule has 0 saturated carbocycles. The van der Waals surface area contributed by atoms with Gasteiger partial charge < -0.3 is 27.9 Å². The van der Waals surface area contributed by atoms with Crippen molar-refractivity contribution < 1.29 is 154 Å². The maximum absolute atomic E-state index is 14.5. The van der Waals surface area contributed by atoms with Crippen molar-refractivity contribution in [2.24, 2.45) is 0 Å². The maximum Gasteiger partial charge on any atom is 0.306 e. The first-order valence-corrected chi connectivity index (χ1v) is 13.5. The normalized spacial score (nSPS) is 48.1. The van der Waals surface area contributed by atoms with Gasteiger partial charge in [0, 0.05) is 97.7 Å². The molecule has 0 aromatic carbocycles. The maximum atomic E-state index is 14.5. The molecule has 0 aliphatic heterocycles. The molecular formula is C42H82NO8P. The van der Waals surface area contributed by atoms with Gasteiger partial charge in [-0.05, 0) is 38.2 Å². The molecule has 0 N–H and O–H groups in total. The summed E-state index contributed by atoms with van der Waals surface area (Å²) in [7, 11) is -8.35. The summed E-state index contributed by atoms with van der Waals surface area (Å²) in [5, 5.41) is 0. The molecule has 9 nitrogen and oxygen atoms in total. The number of carbonyl (C=O) groups excluding carboxylic acids is 2. The molecule has 0 fully saturated rings. The van der Waals surface area contributed by atoms with Crippen LogP contribution in [0.4, 0.5) is 0 Å². The number of nitrogens with zero attached hydrogens (tertiary/aromatic N) is 1. The van der Waals surface area contributed by atoms with Gasteiger partial charge in [0.2, 0.25) is 0 Å². The second-order valence-corrected chi connectivity index (χ2v) is 7.84. The summed E-state index contributed by atoms with van der Waals surface area (Å²) in [4.78, 5) is 42.7. The third-order valence-corrected chi connectivity index (χ3v) is 3.64. The molecule has 0 rings (SSSR count). The zero-order valence-corrected chi connectivity index (χ0v) is 26.1. The monoisotopic (exact) mass is 842 g/mol. The van der Waals surface area contributed by atoms with Crippen molar-refractivity contribution in [2.45, 2.75) is 198 Å². The minimum atomic E-state index is -8.35. The van der Waals surface area contributed by atoms with Crippen molar-refractivity contribution in [1.82, 2.24) is 0 Å².